The molecule has 7 nitrogen and oxygen atoms in total. The molecule has 2 rings (SSSR count). The molecule has 0 bridgehead atoms. The highest BCUT2D eigenvalue weighted by Gasteiger charge is 2.23. The molecule has 2 aromatic rings. The first kappa shape index (κ1) is 23.3. The van der Waals surface area contributed by atoms with Gasteiger partial charge in [0.2, 0.25) is 10.0 Å². The third-order valence-corrected chi connectivity index (χ3v) is 6.62. The molecule has 0 aliphatic carbocycles. The maximum atomic E-state index is 12.7. The first-order chi connectivity index (χ1) is 13.7. The Morgan fingerprint density at radius 3 is 2.31 bits per heavy atom. The lowest BCUT2D eigenvalue weighted by molar-refractivity contribution is -0.118. The summed E-state index contributed by atoms with van der Waals surface area (Å²) in [4.78, 5) is 12.4. The van der Waals surface area contributed by atoms with E-state index in [2.05, 4.69) is 5.32 Å². The maximum Gasteiger partial charge on any atom is 0.262 e. The minimum absolute atomic E-state index is 0.0546. The number of amides is 1. The Morgan fingerprint density at radius 1 is 1.07 bits per heavy atom. The molecule has 10 heteroatoms. The number of carbonyl (C=O) groups is 1. The quantitative estimate of drug-likeness (QED) is 0.609. The molecule has 1 N–H and O–H groups in total. The second kappa shape index (κ2) is 10.2. The van der Waals surface area contributed by atoms with Crippen LogP contribution in [-0.2, 0) is 14.8 Å². The summed E-state index contributed by atoms with van der Waals surface area (Å²) in [7, 11) is -2.26. The largest absolute Gasteiger partial charge is 0.495 e. The fourth-order valence-electron chi connectivity index (χ4n) is 2.58. The lowest BCUT2D eigenvalue weighted by atomic mass is 10.3. The number of nitrogens with zero attached hydrogens (tertiary/aromatic N) is 1. The van der Waals surface area contributed by atoms with Crippen LogP contribution in [0.3, 0.4) is 0 Å². The lowest BCUT2D eigenvalue weighted by Gasteiger charge is -2.19. The number of benzene rings is 2. The molecular formula is C19H22Cl2N2O5S. The summed E-state index contributed by atoms with van der Waals surface area (Å²) in [5.74, 6) is 0.115. The van der Waals surface area contributed by atoms with Gasteiger partial charge in [0.25, 0.3) is 5.91 Å². The van der Waals surface area contributed by atoms with E-state index < -0.39 is 15.9 Å². The van der Waals surface area contributed by atoms with Gasteiger partial charge in [-0.05, 0) is 36.4 Å². The number of hydrogen-bond donors (Lipinski definition) is 1. The van der Waals surface area contributed by atoms with E-state index >= 15 is 0 Å². The van der Waals surface area contributed by atoms with E-state index in [-0.39, 0.29) is 22.2 Å². The summed E-state index contributed by atoms with van der Waals surface area (Å²) in [6, 6.07) is 8.93. The van der Waals surface area contributed by atoms with Crippen LogP contribution >= 0.6 is 23.2 Å². The highest BCUT2D eigenvalue weighted by Crippen LogP contribution is 2.30. The first-order valence-corrected chi connectivity index (χ1v) is 11.0. The van der Waals surface area contributed by atoms with Crippen LogP contribution in [0, 0.1) is 0 Å². The normalized spacial score (nSPS) is 11.4. The molecule has 0 unspecified atom stereocenters. The van der Waals surface area contributed by atoms with Crippen LogP contribution in [0.15, 0.2) is 41.3 Å². The van der Waals surface area contributed by atoms with Crippen molar-refractivity contribution in [1.29, 1.82) is 0 Å². The molecule has 0 spiro atoms. The summed E-state index contributed by atoms with van der Waals surface area (Å²) in [5.41, 5.74) is 0.219. The van der Waals surface area contributed by atoms with Crippen LogP contribution < -0.4 is 14.8 Å². The van der Waals surface area contributed by atoms with Crippen molar-refractivity contribution in [1.82, 2.24) is 4.31 Å². The highest BCUT2D eigenvalue weighted by molar-refractivity contribution is 7.89. The van der Waals surface area contributed by atoms with Crippen molar-refractivity contribution in [3.8, 4) is 11.5 Å². The van der Waals surface area contributed by atoms with Crippen molar-refractivity contribution < 1.29 is 22.7 Å². The number of sulfonamides is 1. The number of nitrogens with one attached hydrogen (secondary N) is 1. The number of hydrogen-bond acceptors (Lipinski definition) is 5. The van der Waals surface area contributed by atoms with E-state index in [1.807, 2.05) is 0 Å². The van der Waals surface area contributed by atoms with Gasteiger partial charge in [-0.1, -0.05) is 37.0 Å². The van der Waals surface area contributed by atoms with Crippen LogP contribution in [0.5, 0.6) is 11.5 Å². The van der Waals surface area contributed by atoms with E-state index in [0.29, 0.717) is 29.6 Å². The van der Waals surface area contributed by atoms with Gasteiger partial charge in [-0.3, -0.25) is 4.79 Å². The van der Waals surface area contributed by atoms with Crippen LogP contribution in [0.1, 0.15) is 13.8 Å². The Bertz CT molecular complexity index is 979. The average Bonchev–Trinajstić information content (AvgIpc) is 2.68. The predicted octanol–water partition coefficient (Wildman–Crippen LogP) is 4.05. The molecule has 29 heavy (non-hydrogen) atoms. The minimum atomic E-state index is -3.68. The summed E-state index contributed by atoms with van der Waals surface area (Å²) in [6.07, 6.45) is 0. The zero-order chi connectivity index (χ0) is 21.6. The Kier molecular flexibility index (Phi) is 8.15. The van der Waals surface area contributed by atoms with Crippen molar-refractivity contribution in [3.63, 3.8) is 0 Å². The topological polar surface area (TPSA) is 84.9 Å². The summed E-state index contributed by atoms with van der Waals surface area (Å²) >= 11 is 11.8. The molecule has 0 saturated heterocycles. The van der Waals surface area contributed by atoms with Crippen molar-refractivity contribution in [2.24, 2.45) is 0 Å². The third-order valence-electron chi connectivity index (χ3n) is 4.04. The van der Waals surface area contributed by atoms with E-state index in [1.54, 1.807) is 26.0 Å². The van der Waals surface area contributed by atoms with Crippen LogP contribution in [0.4, 0.5) is 5.69 Å². The zero-order valence-corrected chi connectivity index (χ0v) is 18.6. The second-order valence-corrected chi connectivity index (χ2v) is 8.64. The van der Waals surface area contributed by atoms with Gasteiger partial charge in [-0.25, -0.2) is 8.42 Å². The number of methoxy groups -OCH3 is 1. The molecule has 0 aliphatic heterocycles. The van der Waals surface area contributed by atoms with Gasteiger partial charge in [0.1, 0.15) is 11.5 Å². The van der Waals surface area contributed by atoms with Gasteiger partial charge in [0, 0.05) is 18.1 Å². The molecular weight excluding hydrogens is 439 g/mol. The molecule has 0 atom stereocenters. The number of carbonyl (C=O) groups excluding carboxylic acids is 1. The average molecular weight is 461 g/mol. The number of anilines is 1. The lowest BCUT2D eigenvalue weighted by Crippen LogP contribution is -2.30. The van der Waals surface area contributed by atoms with Crippen molar-refractivity contribution in [2.75, 3.05) is 32.1 Å². The number of rotatable bonds is 9. The standard InChI is InChI=1S/C19H22Cl2N2O5S/c1-4-23(5-2)29(25,26)14-7-9-18(27-3)16(11-14)22-19(24)12-28-17-8-6-13(20)10-15(17)21/h6-11H,4-5,12H2,1-3H3,(H,22,24). The van der Waals surface area contributed by atoms with E-state index in [1.165, 1.54) is 35.7 Å². The Morgan fingerprint density at radius 2 is 1.72 bits per heavy atom. The van der Waals surface area contributed by atoms with Crippen LogP contribution in [0.25, 0.3) is 0 Å². The van der Waals surface area contributed by atoms with Crippen molar-refractivity contribution in [3.05, 3.63) is 46.4 Å². The monoisotopic (exact) mass is 460 g/mol. The maximum absolute atomic E-state index is 12.7. The van der Waals surface area contributed by atoms with Gasteiger partial charge in [0.05, 0.1) is 22.7 Å². The molecule has 0 fully saturated rings. The highest BCUT2D eigenvalue weighted by atomic mass is 35.5. The Hall–Kier alpha value is -2.00. The van der Waals surface area contributed by atoms with Gasteiger partial charge in [0.15, 0.2) is 6.61 Å². The summed E-state index contributed by atoms with van der Waals surface area (Å²) < 4.78 is 37.4. The number of ether oxygens (including phenoxy) is 2. The molecule has 0 heterocycles. The van der Waals surface area contributed by atoms with Gasteiger partial charge in [-0.2, -0.15) is 4.31 Å². The van der Waals surface area contributed by atoms with Crippen molar-refractivity contribution >= 4 is 44.8 Å². The van der Waals surface area contributed by atoms with Crippen LogP contribution in [-0.4, -0.2) is 45.4 Å². The smallest absolute Gasteiger partial charge is 0.262 e. The Labute approximate surface area is 180 Å². The molecule has 0 aromatic heterocycles. The molecule has 1 amide bonds. The summed E-state index contributed by atoms with van der Waals surface area (Å²) in [6.45, 7) is 3.85. The first-order valence-electron chi connectivity index (χ1n) is 8.78. The van der Waals surface area contributed by atoms with E-state index in [9.17, 15) is 13.2 Å². The fraction of sp³-hybridized carbons (Fsp3) is 0.316. The molecule has 158 valence electrons. The van der Waals surface area contributed by atoms with Crippen LogP contribution in [0.2, 0.25) is 10.0 Å². The zero-order valence-electron chi connectivity index (χ0n) is 16.2. The number of halogens is 2. The molecule has 0 radical (unpaired) electrons. The SMILES string of the molecule is CCN(CC)S(=O)(=O)c1ccc(OC)c(NC(=O)COc2ccc(Cl)cc2Cl)c1. The second-order valence-electron chi connectivity index (χ2n) is 5.86. The summed E-state index contributed by atoms with van der Waals surface area (Å²) in [5, 5.41) is 3.33. The van der Waals surface area contributed by atoms with E-state index in [0.717, 1.165) is 0 Å². The molecule has 0 aliphatic rings. The van der Waals surface area contributed by atoms with Crippen molar-refractivity contribution in [2.45, 2.75) is 18.7 Å². The minimum Gasteiger partial charge on any atom is -0.495 e. The van der Waals surface area contributed by atoms with E-state index in [4.69, 9.17) is 32.7 Å². The third kappa shape index (κ3) is 5.76. The Balaban J connectivity index is 2.19. The van der Waals surface area contributed by atoms with Gasteiger partial charge in [-0.15, -0.1) is 0 Å². The fourth-order valence-corrected chi connectivity index (χ4v) is 4.53. The van der Waals surface area contributed by atoms with Gasteiger partial charge >= 0.3 is 0 Å². The van der Waals surface area contributed by atoms with Gasteiger partial charge < -0.3 is 14.8 Å². The predicted molar refractivity (Wildman–Crippen MR) is 114 cm³/mol. The molecule has 2 aromatic carbocycles. The molecule has 0 saturated carbocycles.